The maximum absolute atomic E-state index is 12.7. The summed E-state index contributed by atoms with van der Waals surface area (Å²) in [6.45, 7) is 0.108. The zero-order valence-electron chi connectivity index (χ0n) is 16.7. The lowest BCUT2D eigenvalue weighted by Gasteiger charge is -2.23. The summed E-state index contributed by atoms with van der Waals surface area (Å²) in [6.07, 6.45) is 0. The molecule has 0 aliphatic carbocycles. The number of amides is 2. The lowest BCUT2D eigenvalue weighted by Crippen LogP contribution is -2.40. The van der Waals surface area contributed by atoms with E-state index >= 15 is 0 Å². The van der Waals surface area contributed by atoms with Gasteiger partial charge in [0.15, 0.2) is 11.5 Å². The molecule has 29 heavy (non-hydrogen) atoms. The van der Waals surface area contributed by atoms with Crippen LogP contribution in [0.15, 0.2) is 36.4 Å². The summed E-state index contributed by atoms with van der Waals surface area (Å²) in [5, 5.41) is 0. The predicted molar refractivity (Wildman–Crippen MR) is 106 cm³/mol. The molecule has 2 aromatic rings. The smallest absolute Gasteiger partial charge is 0.300 e. The zero-order chi connectivity index (χ0) is 21.1. The Morgan fingerprint density at radius 2 is 1.66 bits per heavy atom. The van der Waals surface area contributed by atoms with Crippen molar-refractivity contribution in [1.82, 2.24) is 4.90 Å². The van der Waals surface area contributed by atoms with Crippen molar-refractivity contribution in [3.05, 3.63) is 47.5 Å². The summed E-state index contributed by atoms with van der Waals surface area (Å²) in [5.41, 5.74) is 1.28. The fourth-order valence-electron chi connectivity index (χ4n) is 3.27. The van der Waals surface area contributed by atoms with E-state index in [1.165, 1.54) is 32.3 Å². The van der Waals surface area contributed by atoms with Gasteiger partial charge in [-0.3, -0.25) is 19.3 Å². The van der Waals surface area contributed by atoms with Crippen LogP contribution >= 0.6 is 0 Å². The van der Waals surface area contributed by atoms with E-state index in [-0.39, 0.29) is 35.2 Å². The predicted octanol–water partition coefficient (Wildman–Crippen LogP) is 1.90. The van der Waals surface area contributed by atoms with E-state index in [0.717, 1.165) is 10.5 Å². The Hall–Kier alpha value is -3.55. The van der Waals surface area contributed by atoms with Crippen LogP contribution in [0.1, 0.15) is 15.9 Å². The lowest BCUT2D eigenvalue weighted by atomic mass is 10.1. The molecule has 2 aromatic carbocycles. The van der Waals surface area contributed by atoms with Crippen molar-refractivity contribution < 1.29 is 28.6 Å². The fourth-order valence-corrected chi connectivity index (χ4v) is 3.27. The van der Waals surface area contributed by atoms with Gasteiger partial charge < -0.3 is 19.1 Å². The highest BCUT2D eigenvalue weighted by Gasteiger charge is 2.42. The lowest BCUT2D eigenvalue weighted by molar-refractivity contribution is -0.130. The minimum absolute atomic E-state index is 0.0636. The van der Waals surface area contributed by atoms with Gasteiger partial charge in [0, 0.05) is 19.7 Å². The number of hydrogen-bond donors (Lipinski definition) is 0. The monoisotopic (exact) mass is 398 g/mol. The molecule has 0 saturated heterocycles. The fraction of sp³-hybridized carbons (Fsp3) is 0.286. The number of benzene rings is 2. The number of fused-ring (bicyclic) bond motifs is 1. The third-order valence-electron chi connectivity index (χ3n) is 4.75. The number of hydrogen-bond acceptors (Lipinski definition) is 6. The maximum Gasteiger partial charge on any atom is 0.300 e. The molecule has 0 fully saturated rings. The van der Waals surface area contributed by atoms with Crippen molar-refractivity contribution in [2.45, 2.75) is 6.54 Å². The van der Waals surface area contributed by atoms with Gasteiger partial charge in [-0.15, -0.1) is 0 Å². The number of likely N-dealkylation sites (N-methyl/N-ethyl adjacent to an activating group) is 1. The Morgan fingerprint density at radius 3 is 2.24 bits per heavy atom. The van der Waals surface area contributed by atoms with E-state index < -0.39 is 11.7 Å². The average Bonchev–Trinajstić information content (AvgIpc) is 2.97. The van der Waals surface area contributed by atoms with Crippen LogP contribution in [0.25, 0.3) is 0 Å². The number of anilines is 1. The third kappa shape index (κ3) is 3.61. The molecule has 0 aromatic heterocycles. The van der Waals surface area contributed by atoms with Gasteiger partial charge in [-0.2, -0.15) is 0 Å². The molecule has 152 valence electrons. The van der Waals surface area contributed by atoms with Gasteiger partial charge in [0.25, 0.3) is 11.7 Å². The van der Waals surface area contributed by atoms with Gasteiger partial charge in [-0.25, -0.2) is 0 Å². The van der Waals surface area contributed by atoms with Crippen LogP contribution in [0.4, 0.5) is 5.69 Å². The molecule has 0 unspecified atom stereocenters. The molecule has 0 radical (unpaired) electrons. The molecule has 0 atom stereocenters. The Morgan fingerprint density at radius 1 is 1.00 bits per heavy atom. The Kier molecular flexibility index (Phi) is 5.72. The number of ketones is 1. The van der Waals surface area contributed by atoms with Crippen LogP contribution < -0.4 is 19.1 Å². The van der Waals surface area contributed by atoms with E-state index in [1.807, 2.05) is 30.3 Å². The molecule has 1 aliphatic rings. The van der Waals surface area contributed by atoms with Crippen LogP contribution in [-0.2, 0) is 16.1 Å². The molecule has 0 spiro atoms. The second kappa shape index (κ2) is 8.22. The molecule has 8 nitrogen and oxygen atoms in total. The van der Waals surface area contributed by atoms with E-state index in [0.29, 0.717) is 12.3 Å². The Balaban J connectivity index is 1.91. The van der Waals surface area contributed by atoms with Gasteiger partial charge in [-0.1, -0.05) is 30.3 Å². The largest absolute Gasteiger partial charge is 0.493 e. The first-order valence-electron chi connectivity index (χ1n) is 8.90. The summed E-state index contributed by atoms with van der Waals surface area (Å²) in [5.74, 6) is -1.25. The highest BCUT2D eigenvalue weighted by molar-refractivity contribution is 6.53. The first kappa shape index (κ1) is 20.2. The number of carbonyl (C=O) groups is 3. The van der Waals surface area contributed by atoms with E-state index in [4.69, 9.17) is 14.2 Å². The second-order valence-electron chi connectivity index (χ2n) is 6.50. The molecule has 0 bridgehead atoms. The van der Waals surface area contributed by atoms with Gasteiger partial charge in [0.2, 0.25) is 11.7 Å². The van der Waals surface area contributed by atoms with Crippen LogP contribution in [-0.4, -0.2) is 57.4 Å². The van der Waals surface area contributed by atoms with Crippen molar-refractivity contribution in [2.24, 2.45) is 0 Å². The molecule has 1 heterocycles. The standard InChI is InChI=1S/C21H22N2O6/c1-22(11-13-8-6-5-7-9-13)16(24)12-23-14-10-15(27-2)19(28-3)20(29-4)17(14)18(25)21(23)26/h5-10H,11-12H2,1-4H3. The molecule has 0 saturated carbocycles. The van der Waals surface area contributed by atoms with Crippen molar-refractivity contribution >= 4 is 23.3 Å². The molecule has 1 aliphatic heterocycles. The number of Topliss-reactive ketones (excluding diaryl/α,β-unsaturated/α-hetero) is 1. The van der Waals surface area contributed by atoms with Crippen LogP contribution in [0.3, 0.4) is 0 Å². The molecule has 2 amide bonds. The first-order valence-corrected chi connectivity index (χ1v) is 8.90. The summed E-state index contributed by atoms with van der Waals surface area (Å²) in [6, 6.07) is 11.0. The highest BCUT2D eigenvalue weighted by atomic mass is 16.5. The number of ether oxygens (including phenoxy) is 3. The van der Waals surface area contributed by atoms with Crippen molar-refractivity contribution in [1.29, 1.82) is 0 Å². The Labute approximate surface area is 168 Å². The molecule has 0 N–H and O–H groups in total. The number of rotatable bonds is 7. The quantitative estimate of drug-likeness (QED) is 0.663. The van der Waals surface area contributed by atoms with Crippen LogP contribution in [0, 0.1) is 0 Å². The summed E-state index contributed by atoms with van der Waals surface area (Å²) in [4.78, 5) is 40.6. The number of carbonyl (C=O) groups excluding carboxylic acids is 3. The van der Waals surface area contributed by atoms with Gasteiger partial charge in [0.05, 0.1) is 32.6 Å². The summed E-state index contributed by atoms with van der Waals surface area (Å²) in [7, 11) is 5.86. The summed E-state index contributed by atoms with van der Waals surface area (Å²) < 4.78 is 15.9. The van der Waals surface area contributed by atoms with Crippen molar-refractivity contribution in [2.75, 3.05) is 39.8 Å². The van der Waals surface area contributed by atoms with Crippen molar-refractivity contribution in [3.63, 3.8) is 0 Å². The van der Waals surface area contributed by atoms with Crippen molar-refractivity contribution in [3.8, 4) is 17.2 Å². The van der Waals surface area contributed by atoms with E-state index in [2.05, 4.69) is 0 Å². The van der Waals surface area contributed by atoms with E-state index in [1.54, 1.807) is 7.05 Å². The van der Waals surface area contributed by atoms with Gasteiger partial charge in [-0.05, 0) is 5.56 Å². The normalized spacial score (nSPS) is 12.6. The molecule has 3 rings (SSSR count). The number of nitrogens with zero attached hydrogens (tertiary/aromatic N) is 2. The third-order valence-corrected chi connectivity index (χ3v) is 4.75. The first-order chi connectivity index (χ1) is 13.9. The average molecular weight is 398 g/mol. The molecule has 8 heteroatoms. The van der Waals surface area contributed by atoms with Gasteiger partial charge >= 0.3 is 0 Å². The summed E-state index contributed by atoms with van der Waals surface area (Å²) >= 11 is 0. The minimum Gasteiger partial charge on any atom is -0.493 e. The topological polar surface area (TPSA) is 85.4 Å². The maximum atomic E-state index is 12.7. The SMILES string of the molecule is COc1cc2c(c(OC)c1OC)C(=O)C(=O)N2CC(=O)N(C)Cc1ccccc1. The molecular formula is C21H22N2O6. The van der Waals surface area contributed by atoms with Crippen LogP contribution in [0.2, 0.25) is 0 Å². The van der Waals surface area contributed by atoms with E-state index in [9.17, 15) is 14.4 Å². The number of methoxy groups -OCH3 is 3. The Bertz CT molecular complexity index is 957. The second-order valence-corrected chi connectivity index (χ2v) is 6.50. The highest BCUT2D eigenvalue weighted by Crippen LogP contribution is 2.47. The minimum atomic E-state index is -0.796. The van der Waals surface area contributed by atoms with Gasteiger partial charge in [0.1, 0.15) is 6.54 Å². The van der Waals surface area contributed by atoms with Crippen LogP contribution in [0.5, 0.6) is 17.2 Å². The zero-order valence-corrected chi connectivity index (χ0v) is 16.7. The molecular weight excluding hydrogens is 376 g/mol.